The number of allylic oxidation sites excluding steroid dienone is 2. The minimum Gasteiger partial charge on any atom is -0.348 e. The van der Waals surface area contributed by atoms with Crippen LogP contribution in [0.2, 0.25) is 0 Å². The van der Waals surface area contributed by atoms with Gasteiger partial charge in [-0.3, -0.25) is 4.79 Å². The number of carbonyl (C=O) groups excluding carboxylic acids is 1. The molecule has 1 saturated carbocycles. The molecular formula is C12H16O3. The molecule has 3 rings (SSSR count). The molecule has 3 nitrogen and oxygen atoms in total. The van der Waals surface area contributed by atoms with Gasteiger partial charge in [0.25, 0.3) is 0 Å². The molecule has 1 aliphatic heterocycles. The summed E-state index contributed by atoms with van der Waals surface area (Å²) in [5.74, 6) is 0.633. The highest BCUT2D eigenvalue weighted by atomic mass is 16.7. The molecule has 2 aliphatic carbocycles. The van der Waals surface area contributed by atoms with Crippen LogP contribution in [0.25, 0.3) is 0 Å². The normalized spacial score (nSPS) is 38.3. The van der Waals surface area contributed by atoms with E-state index in [1.807, 2.05) is 6.08 Å². The first kappa shape index (κ1) is 9.55. The van der Waals surface area contributed by atoms with Crippen molar-refractivity contribution in [1.29, 1.82) is 0 Å². The molecule has 2 atom stereocenters. The third kappa shape index (κ3) is 1.54. The summed E-state index contributed by atoms with van der Waals surface area (Å²) in [5, 5.41) is 0. The zero-order chi connectivity index (χ0) is 10.3. The summed E-state index contributed by atoms with van der Waals surface area (Å²) in [5.41, 5.74) is 0. The minimum absolute atomic E-state index is 0.230. The molecule has 0 bridgehead atoms. The first-order chi connectivity index (χ1) is 7.29. The summed E-state index contributed by atoms with van der Waals surface area (Å²) in [6, 6.07) is 0. The van der Waals surface area contributed by atoms with Crippen molar-refractivity contribution in [2.75, 3.05) is 13.2 Å². The van der Waals surface area contributed by atoms with Crippen LogP contribution in [-0.2, 0) is 14.3 Å². The lowest BCUT2D eigenvalue weighted by molar-refractivity contribution is -0.194. The zero-order valence-electron chi connectivity index (χ0n) is 8.78. The first-order valence-corrected chi connectivity index (χ1v) is 5.77. The van der Waals surface area contributed by atoms with E-state index in [9.17, 15) is 4.79 Å². The van der Waals surface area contributed by atoms with Crippen LogP contribution in [0.4, 0.5) is 0 Å². The largest absolute Gasteiger partial charge is 0.348 e. The number of rotatable bonds is 0. The summed E-state index contributed by atoms with van der Waals surface area (Å²) in [7, 11) is 0. The standard InChI is InChI=1S/C12H16O3/c13-11-3-1-2-9-8-12(5-4-10(9)11)14-6-7-15-12/h1,3,9-10H,2,4-8H2. The van der Waals surface area contributed by atoms with E-state index < -0.39 is 0 Å². The number of hydrogen-bond acceptors (Lipinski definition) is 3. The summed E-state index contributed by atoms with van der Waals surface area (Å²) >= 11 is 0. The molecule has 2 fully saturated rings. The molecule has 0 aromatic heterocycles. The molecule has 0 aromatic carbocycles. The maximum absolute atomic E-state index is 11.7. The van der Waals surface area contributed by atoms with E-state index in [1.54, 1.807) is 6.08 Å². The Labute approximate surface area is 89.4 Å². The van der Waals surface area contributed by atoms with Gasteiger partial charge in [-0.05, 0) is 24.8 Å². The number of hydrogen-bond donors (Lipinski definition) is 0. The van der Waals surface area contributed by atoms with Crippen molar-refractivity contribution in [3.05, 3.63) is 12.2 Å². The highest BCUT2D eigenvalue weighted by Crippen LogP contribution is 2.44. The van der Waals surface area contributed by atoms with Crippen molar-refractivity contribution in [3.63, 3.8) is 0 Å². The van der Waals surface area contributed by atoms with Gasteiger partial charge in [0, 0.05) is 18.8 Å². The molecule has 0 radical (unpaired) electrons. The molecule has 0 N–H and O–H groups in total. The van der Waals surface area contributed by atoms with Crippen LogP contribution < -0.4 is 0 Å². The van der Waals surface area contributed by atoms with Crippen molar-refractivity contribution in [1.82, 2.24) is 0 Å². The van der Waals surface area contributed by atoms with Crippen molar-refractivity contribution in [2.45, 2.75) is 31.5 Å². The van der Waals surface area contributed by atoms with E-state index in [1.165, 1.54) is 0 Å². The highest BCUT2D eigenvalue weighted by Gasteiger charge is 2.46. The lowest BCUT2D eigenvalue weighted by Crippen LogP contribution is -2.43. The van der Waals surface area contributed by atoms with Gasteiger partial charge < -0.3 is 9.47 Å². The average molecular weight is 208 g/mol. The second kappa shape index (κ2) is 3.42. The molecule has 1 spiro atoms. The maximum atomic E-state index is 11.7. The number of fused-ring (bicyclic) bond motifs is 1. The smallest absolute Gasteiger partial charge is 0.168 e. The van der Waals surface area contributed by atoms with Crippen LogP contribution in [0.5, 0.6) is 0 Å². The van der Waals surface area contributed by atoms with Crippen LogP contribution in [0, 0.1) is 11.8 Å². The second-order valence-corrected chi connectivity index (χ2v) is 4.76. The molecule has 15 heavy (non-hydrogen) atoms. The molecule has 1 saturated heterocycles. The molecule has 0 aromatic rings. The molecule has 0 amide bonds. The fraction of sp³-hybridized carbons (Fsp3) is 0.750. The van der Waals surface area contributed by atoms with Gasteiger partial charge in [0.15, 0.2) is 11.6 Å². The molecule has 82 valence electrons. The Morgan fingerprint density at radius 2 is 2.13 bits per heavy atom. The van der Waals surface area contributed by atoms with Gasteiger partial charge in [0.05, 0.1) is 13.2 Å². The molecular weight excluding hydrogens is 192 g/mol. The highest BCUT2D eigenvalue weighted by molar-refractivity contribution is 5.92. The van der Waals surface area contributed by atoms with Crippen molar-refractivity contribution < 1.29 is 14.3 Å². The predicted octanol–water partition coefficient (Wildman–Crippen LogP) is 1.67. The fourth-order valence-electron chi connectivity index (χ4n) is 3.12. The van der Waals surface area contributed by atoms with Crippen LogP contribution >= 0.6 is 0 Å². The van der Waals surface area contributed by atoms with Gasteiger partial charge in [-0.1, -0.05) is 6.08 Å². The third-order valence-electron chi connectivity index (χ3n) is 3.88. The van der Waals surface area contributed by atoms with Gasteiger partial charge in [-0.15, -0.1) is 0 Å². The Hall–Kier alpha value is -0.670. The van der Waals surface area contributed by atoms with E-state index in [2.05, 4.69) is 0 Å². The first-order valence-electron chi connectivity index (χ1n) is 5.77. The maximum Gasteiger partial charge on any atom is 0.168 e. The van der Waals surface area contributed by atoms with Crippen LogP contribution in [-0.4, -0.2) is 24.8 Å². The van der Waals surface area contributed by atoms with Gasteiger partial charge in [-0.25, -0.2) is 0 Å². The summed E-state index contributed by atoms with van der Waals surface area (Å²) in [6.45, 7) is 1.42. The third-order valence-corrected chi connectivity index (χ3v) is 3.88. The minimum atomic E-state index is -0.341. The molecule has 3 heteroatoms. The molecule has 3 aliphatic rings. The van der Waals surface area contributed by atoms with Crippen molar-refractivity contribution in [3.8, 4) is 0 Å². The zero-order valence-corrected chi connectivity index (χ0v) is 8.78. The van der Waals surface area contributed by atoms with Crippen LogP contribution in [0.3, 0.4) is 0 Å². The lowest BCUT2D eigenvalue weighted by Gasteiger charge is -2.41. The topological polar surface area (TPSA) is 35.5 Å². The van der Waals surface area contributed by atoms with Crippen LogP contribution in [0.1, 0.15) is 25.7 Å². The Bertz CT molecular complexity index is 302. The van der Waals surface area contributed by atoms with E-state index in [4.69, 9.17) is 9.47 Å². The Kier molecular flexibility index (Phi) is 2.18. The van der Waals surface area contributed by atoms with Crippen LogP contribution in [0.15, 0.2) is 12.2 Å². The van der Waals surface area contributed by atoms with E-state index >= 15 is 0 Å². The van der Waals surface area contributed by atoms with E-state index in [-0.39, 0.29) is 11.7 Å². The number of ether oxygens (including phenoxy) is 2. The Morgan fingerprint density at radius 1 is 1.33 bits per heavy atom. The number of carbonyl (C=O) groups is 1. The van der Waals surface area contributed by atoms with Crippen molar-refractivity contribution in [2.24, 2.45) is 11.8 Å². The number of ketones is 1. The quantitative estimate of drug-likeness (QED) is 0.607. The Balaban J connectivity index is 1.78. The average Bonchev–Trinajstić information content (AvgIpc) is 2.66. The van der Waals surface area contributed by atoms with Gasteiger partial charge in [0.2, 0.25) is 0 Å². The Morgan fingerprint density at radius 3 is 2.93 bits per heavy atom. The summed E-state index contributed by atoms with van der Waals surface area (Å²) in [4.78, 5) is 11.7. The second-order valence-electron chi connectivity index (χ2n) is 4.76. The SMILES string of the molecule is O=C1C=CCC2CC3(CCC12)OCCO3. The van der Waals surface area contributed by atoms with E-state index in [0.717, 1.165) is 25.7 Å². The van der Waals surface area contributed by atoms with Crippen molar-refractivity contribution >= 4 is 5.78 Å². The van der Waals surface area contributed by atoms with E-state index in [0.29, 0.717) is 24.9 Å². The summed E-state index contributed by atoms with van der Waals surface area (Å²) in [6.07, 6.45) is 7.45. The predicted molar refractivity (Wildman–Crippen MR) is 54.2 cm³/mol. The summed E-state index contributed by atoms with van der Waals surface area (Å²) < 4.78 is 11.4. The van der Waals surface area contributed by atoms with Gasteiger partial charge in [0.1, 0.15) is 0 Å². The molecule has 2 unspecified atom stereocenters. The monoisotopic (exact) mass is 208 g/mol. The molecule has 1 heterocycles. The fourth-order valence-corrected chi connectivity index (χ4v) is 3.12. The van der Waals surface area contributed by atoms with Gasteiger partial charge in [-0.2, -0.15) is 0 Å². The lowest BCUT2D eigenvalue weighted by atomic mass is 9.70. The van der Waals surface area contributed by atoms with Gasteiger partial charge >= 0.3 is 0 Å².